The van der Waals surface area contributed by atoms with Crippen LogP contribution in [-0.4, -0.2) is 34.2 Å². The van der Waals surface area contributed by atoms with Gasteiger partial charge in [0.1, 0.15) is 11.6 Å². The van der Waals surface area contributed by atoms with Gasteiger partial charge in [0.05, 0.1) is 30.0 Å². The van der Waals surface area contributed by atoms with Crippen molar-refractivity contribution >= 4 is 5.91 Å². The Balaban J connectivity index is 1.29. The predicted molar refractivity (Wildman–Crippen MR) is 126 cm³/mol. The first-order valence-electron chi connectivity index (χ1n) is 11.8. The van der Waals surface area contributed by atoms with Crippen molar-refractivity contribution in [3.8, 4) is 17.1 Å². The summed E-state index contributed by atoms with van der Waals surface area (Å²) in [5.74, 6) is 3.25. The molecule has 1 saturated carbocycles. The largest absolute Gasteiger partial charge is 0.494 e. The molecule has 4 rings (SSSR count). The molecule has 0 atom stereocenters. The summed E-state index contributed by atoms with van der Waals surface area (Å²) >= 11 is 0. The van der Waals surface area contributed by atoms with Gasteiger partial charge < -0.3 is 14.6 Å². The van der Waals surface area contributed by atoms with Gasteiger partial charge in [-0.05, 0) is 70.1 Å². The minimum atomic E-state index is 0.0654. The van der Waals surface area contributed by atoms with E-state index in [9.17, 15) is 4.79 Å². The van der Waals surface area contributed by atoms with E-state index in [1.807, 2.05) is 57.3 Å². The molecule has 174 valence electrons. The molecule has 1 N–H and O–H groups in total. The topological polar surface area (TPSA) is 90.1 Å². The van der Waals surface area contributed by atoms with Crippen molar-refractivity contribution in [3.63, 3.8) is 0 Å². The number of rotatable bonds is 8. The molecular formula is C26H32N4O3. The third kappa shape index (κ3) is 5.97. The van der Waals surface area contributed by atoms with Gasteiger partial charge in [0, 0.05) is 24.7 Å². The zero-order valence-electron chi connectivity index (χ0n) is 19.6. The van der Waals surface area contributed by atoms with Gasteiger partial charge in [-0.3, -0.25) is 4.79 Å². The molecule has 0 spiro atoms. The average molecular weight is 449 g/mol. The lowest BCUT2D eigenvalue weighted by Crippen LogP contribution is -2.32. The van der Waals surface area contributed by atoms with E-state index in [1.54, 1.807) is 0 Å². The molecule has 0 unspecified atom stereocenters. The number of carbonyl (C=O) groups is 1. The third-order valence-electron chi connectivity index (χ3n) is 6.25. The maximum absolute atomic E-state index is 12.4. The lowest BCUT2D eigenvalue weighted by Gasteiger charge is -2.29. The summed E-state index contributed by atoms with van der Waals surface area (Å²) in [6, 6.07) is 9.66. The highest BCUT2D eigenvalue weighted by Crippen LogP contribution is 2.38. The highest BCUT2D eigenvalue weighted by molar-refractivity contribution is 5.78. The van der Waals surface area contributed by atoms with Crippen LogP contribution in [0.2, 0.25) is 0 Å². The molecular weight excluding hydrogens is 416 g/mol. The number of carbonyl (C=O) groups excluding carboxylic acids is 1. The Morgan fingerprint density at radius 2 is 1.91 bits per heavy atom. The van der Waals surface area contributed by atoms with Crippen molar-refractivity contribution in [1.29, 1.82) is 0 Å². The van der Waals surface area contributed by atoms with Crippen LogP contribution in [0.1, 0.15) is 61.3 Å². The van der Waals surface area contributed by atoms with E-state index >= 15 is 0 Å². The van der Waals surface area contributed by atoms with Gasteiger partial charge in [0.25, 0.3) is 0 Å². The van der Waals surface area contributed by atoms with Crippen molar-refractivity contribution in [1.82, 2.24) is 20.4 Å². The summed E-state index contributed by atoms with van der Waals surface area (Å²) in [5.41, 5.74) is 3.83. The van der Waals surface area contributed by atoms with Crippen LogP contribution in [0.15, 0.2) is 41.1 Å². The van der Waals surface area contributed by atoms with Gasteiger partial charge in [-0.15, -0.1) is 0 Å². The molecule has 7 heteroatoms. The second-order valence-electron chi connectivity index (χ2n) is 8.82. The fourth-order valence-electron chi connectivity index (χ4n) is 4.50. The van der Waals surface area contributed by atoms with Crippen LogP contribution in [0, 0.1) is 19.8 Å². The molecule has 1 aliphatic rings. The Kier molecular flexibility index (Phi) is 7.37. The molecule has 1 aromatic carbocycles. The van der Waals surface area contributed by atoms with E-state index in [4.69, 9.17) is 14.2 Å². The fourth-order valence-corrected chi connectivity index (χ4v) is 4.50. The lowest BCUT2D eigenvalue weighted by molar-refractivity contribution is -0.120. The van der Waals surface area contributed by atoms with Crippen LogP contribution >= 0.6 is 0 Å². The Morgan fingerprint density at radius 1 is 1.15 bits per heavy atom. The van der Waals surface area contributed by atoms with Crippen molar-refractivity contribution in [2.45, 2.75) is 58.8 Å². The Bertz CT molecular complexity index is 1070. The van der Waals surface area contributed by atoms with E-state index in [-0.39, 0.29) is 5.91 Å². The summed E-state index contributed by atoms with van der Waals surface area (Å²) in [5, 5.41) is 7.15. The van der Waals surface area contributed by atoms with E-state index < -0.39 is 0 Å². The predicted octanol–water partition coefficient (Wildman–Crippen LogP) is 4.78. The number of aromatic nitrogens is 3. The first kappa shape index (κ1) is 23.0. The second kappa shape index (κ2) is 10.6. The van der Waals surface area contributed by atoms with Gasteiger partial charge in [-0.1, -0.05) is 17.3 Å². The maximum atomic E-state index is 12.4. The number of nitrogens with one attached hydrogen (secondary N) is 1. The van der Waals surface area contributed by atoms with Crippen LogP contribution < -0.4 is 10.1 Å². The minimum Gasteiger partial charge on any atom is -0.494 e. The maximum Gasteiger partial charge on any atom is 0.224 e. The molecule has 3 aromatic rings. The summed E-state index contributed by atoms with van der Waals surface area (Å²) in [7, 11) is 0. The summed E-state index contributed by atoms with van der Waals surface area (Å²) in [6.07, 6.45) is 6.44. The van der Waals surface area contributed by atoms with E-state index in [1.165, 1.54) is 0 Å². The standard InChI is InChI=1S/C26H32N4O3/c1-4-32-22-11-7-19(8-12-22)14-25(31)28-15-20-5-9-21(10-6-20)26-23(16-27-18(3)29-26)24-13-17(2)30-33-24/h7-8,11-13,16,20-21H,4-6,9-10,14-15H2,1-3H3,(H,28,31). The second-order valence-corrected chi connectivity index (χ2v) is 8.82. The van der Waals surface area contributed by atoms with Crippen molar-refractivity contribution in [3.05, 3.63) is 59.3 Å². The van der Waals surface area contributed by atoms with Gasteiger partial charge in [0.2, 0.25) is 5.91 Å². The van der Waals surface area contributed by atoms with Crippen LogP contribution in [-0.2, 0) is 11.2 Å². The monoisotopic (exact) mass is 448 g/mol. The molecule has 0 bridgehead atoms. The number of aryl methyl sites for hydroxylation is 2. The molecule has 33 heavy (non-hydrogen) atoms. The molecule has 0 radical (unpaired) electrons. The van der Waals surface area contributed by atoms with E-state index in [2.05, 4.69) is 15.5 Å². The van der Waals surface area contributed by atoms with Crippen LogP contribution in [0.5, 0.6) is 5.75 Å². The Labute approximate surface area is 195 Å². The van der Waals surface area contributed by atoms with Crippen LogP contribution in [0.4, 0.5) is 0 Å². The Hall–Kier alpha value is -3.22. The Morgan fingerprint density at radius 3 is 2.58 bits per heavy atom. The number of nitrogens with zero attached hydrogens (tertiary/aromatic N) is 3. The molecule has 1 amide bonds. The molecule has 2 aromatic heterocycles. The van der Waals surface area contributed by atoms with E-state index in [0.29, 0.717) is 24.9 Å². The molecule has 1 fully saturated rings. The minimum absolute atomic E-state index is 0.0654. The SMILES string of the molecule is CCOc1ccc(CC(=O)NCC2CCC(c3nc(C)ncc3-c3cc(C)no3)CC2)cc1. The molecule has 0 aliphatic heterocycles. The zero-order chi connectivity index (χ0) is 23.2. The van der Waals surface area contributed by atoms with Gasteiger partial charge in [0.15, 0.2) is 5.76 Å². The van der Waals surface area contributed by atoms with Crippen LogP contribution in [0.3, 0.4) is 0 Å². The highest BCUT2D eigenvalue weighted by Gasteiger charge is 2.27. The molecule has 1 aliphatic carbocycles. The molecule has 2 heterocycles. The average Bonchev–Trinajstić information content (AvgIpc) is 3.25. The molecule has 7 nitrogen and oxygen atoms in total. The number of hydrogen-bond donors (Lipinski definition) is 1. The number of benzene rings is 1. The highest BCUT2D eigenvalue weighted by atomic mass is 16.5. The summed E-state index contributed by atoms with van der Waals surface area (Å²) in [4.78, 5) is 21.6. The summed E-state index contributed by atoms with van der Waals surface area (Å²) < 4.78 is 10.9. The van der Waals surface area contributed by atoms with E-state index in [0.717, 1.165) is 72.1 Å². The van der Waals surface area contributed by atoms with Gasteiger partial charge in [-0.2, -0.15) is 0 Å². The summed E-state index contributed by atoms with van der Waals surface area (Å²) in [6.45, 7) is 7.15. The molecule has 0 saturated heterocycles. The fraction of sp³-hybridized carbons (Fsp3) is 0.462. The number of hydrogen-bond acceptors (Lipinski definition) is 6. The zero-order valence-corrected chi connectivity index (χ0v) is 19.6. The van der Waals surface area contributed by atoms with Crippen molar-refractivity contribution < 1.29 is 14.1 Å². The quantitative estimate of drug-likeness (QED) is 0.533. The number of amides is 1. The van der Waals surface area contributed by atoms with Crippen molar-refractivity contribution in [2.24, 2.45) is 5.92 Å². The first-order chi connectivity index (χ1) is 16.0. The lowest BCUT2D eigenvalue weighted by atomic mass is 9.79. The first-order valence-corrected chi connectivity index (χ1v) is 11.8. The smallest absolute Gasteiger partial charge is 0.224 e. The third-order valence-corrected chi connectivity index (χ3v) is 6.25. The van der Waals surface area contributed by atoms with Crippen LogP contribution in [0.25, 0.3) is 11.3 Å². The normalized spacial score (nSPS) is 18.2. The number of ether oxygens (including phenoxy) is 1. The van der Waals surface area contributed by atoms with Gasteiger partial charge >= 0.3 is 0 Å². The van der Waals surface area contributed by atoms with Crippen molar-refractivity contribution in [2.75, 3.05) is 13.2 Å². The van der Waals surface area contributed by atoms with Gasteiger partial charge in [-0.25, -0.2) is 9.97 Å².